The Morgan fingerprint density at radius 3 is 2.33 bits per heavy atom. The van der Waals surface area contributed by atoms with E-state index in [2.05, 4.69) is 20.3 Å². The topological polar surface area (TPSA) is 69.2 Å². The summed E-state index contributed by atoms with van der Waals surface area (Å²) in [6, 6.07) is 7.20. The molecule has 0 atom stereocenters. The fraction of sp³-hybridized carbons (Fsp3) is 0.182. The smallest absolute Gasteiger partial charge is 0.330 e. The number of rotatable bonds is 4. The normalized spacial score (nSPS) is 9.94. The third-order valence-electron chi connectivity index (χ3n) is 2.02. The Hall–Kier alpha value is -2.08. The van der Waals surface area contributed by atoms with Crippen LogP contribution >= 0.6 is 11.6 Å². The van der Waals surface area contributed by atoms with E-state index in [1.165, 1.54) is 7.11 Å². The van der Waals surface area contributed by atoms with Crippen molar-refractivity contribution in [1.82, 2.24) is 15.0 Å². The lowest BCUT2D eigenvalue weighted by molar-refractivity contribution is 0.360. The number of benzene rings is 1. The molecular formula is C11H11ClN4O2. The minimum atomic E-state index is 0.147. The minimum absolute atomic E-state index is 0.147. The fourth-order valence-corrected chi connectivity index (χ4v) is 1.32. The van der Waals surface area contributed by atoms with Crippen LogP contribution in [-0.2, 0) is 0 Å². The summed E-state index contributed by atoms with van der Waals surface area (Å²) in [6.07, 6.45) is 0. The molecule has 0 bridgehead atoms. The van der Waals surface area contributed by atoms with E-state index in [1.807, 2.05) is 0 Å². The van der Waals surface area contributed by atoms with Crippen LogP contribution in [0.5, 0.6) is 17.8 Å². The van der Waals surface area contributed by atoms with E-state index in [1.54, 1.807) is 31.3 Å². The summed E-state index contributed by atoms with van der Waals surface area (Å²) >= 11 is 5.78. The molecule has 0 radical (unpaired) electrons. The number of hydrogen-bond acceptors (Lipinski definition) is 6. The summed E-state index contributed by atoms with van der Waals surface area (Å²) < 4.78 is 10.4. The van der Waals surface area contributed by atoms with E-state index < -0.39 is 0 Å². The van der Waals surface area contributed by atoms with Gasteiger partial charge in [0.15, 0.2) is 0 Å². The Bertz CT molecular complexity index is 511. The second-order valence-electron chi connectivity index (χ2n) is 3.23. The van der Waals surface area contributed by atoms with Gasteiger partial charge >= 0.3 is 12.0 Å². The zero-order chi connectivity index (χ0) is 13.0. The van der Waals surface area contributed by atoms with Crippen molar-refractivity contribution < 1.29 is 9.47 Å². The molecule has 18 heavy (non-hydrogen) atoms. The molecule has 0 fully saturated rings. The van der Waals surface area contributed by atoms with E-state index in [0.29, 0.717) is 16.7 Å². The molecule has 6 nitrogen and oxygen atoms in total. The number of ether oxygens (including phenoxy) is 2. The maximum atomic E-state index is 5.78. The van der Waals surface area contributed by atoms with Crippen molar-refractivity contribution >= 4 is 17.5 Å². The van der Waals surface area contributed by atoms with Gasteiger partial charge in [-0.1, -0.05) is 11.6 Å². The molecule has 0 aliphatic heterocycles. The summed E-state index contributed by atoms with van der Waals surface area (Å²) in [5, 5.41) is 3.42. The number of nitrogens with zero attached hydrogens (tertiary/aromatic N) is 3. The molecule has 2 rings (SSSR count). The highest BCUT2D eigenvalue weighted by atomic mass is 35.5. The van der Waals surface area contributed by atoms with E-state index in [9.17, 15) is 0 Å². The molecule has 1 N–H and O–H groups in total. The van der Waals surface area contributed by atoms with Crippen molar-refractivity contribution in [3.63, 3.8) is 0 Å². The molecule has 0 amide bonds. The highest BCUT2D eigenvalue weighted by Crippen LogP contribution is 2.22. The van der Waals surface area contributed by atoms with Crippen molar-refractivity contribution in [2.45, 2.75) is 0 Å². The molecule has 1 aromatic carbocycles. The molecule has 0 spiro atoms. The zero-order valence-electron chi connectivity index (χ0n) is 9.85. The van der Waals surface area contributed by atoms with Crippen LogP contribution in [0.15, 0.2) is 24.3 Å². The van der Waals surface area contributed by atoms with E-state index in [4.69, 9.17) is 21.1 Å². The molecular weight excluding hydrogens is 256 g/mol. The maximum Gasteiger partial charge on any atom is 0.330 e. The average Bonchev–Trinajstić information content (AvgIpc) is 2.41. The van der Waals surface area contributed by atoms with Crippen molar-refractivity contribution in [2.75, 3.05) is 19.5 Å². The number of methoxy groups -OCH3 is 1. The van der Waals surface area contributed by atoms with Gasteiger partial charge in [0.2, 0.25) is 5.95 Å². The van der Waals surface area contributed by atoms with Crippen LogP contribution in [0.25, 0.3) is 0 Å². The zero-order valence-corrected chi connectivity index (χ0v) is 10.6. The fourth-order valence-electron chi connectivity index (χ4n) is 1.19. The number of aromatic nitrogens is 3. The first kappa shape index (κ1) is 12.4. The second-order valence-corrected chi connectivity index (χ2v) is 3.67. The number of hydrogen-bond donors (Lipinski definition) is 1. The minimum Gasteiger partial charge on any atom is -0.467 e. The first-order valence-electron chi connectivity index (χ1n) is 5.12. The molecule has 0 unspecified atom stereocenters. The average molecular weight is 267 g/mol. The summed E-state index contributed by atoms with van der Waals surface area (Å²) in [5.74, 6) is 0.945. The van der Waals surface area contributed by atoms with Crippen LogP contribution in [0.4, 0.5) is 5.95 Å². The Morgan fingerprint density at radius 2 is 1.72 bits per heavy atom. The van der Waals surface area contributed by atoms with Gasteiger partial charge in [0.25, 0.3) is 0 Å². The quantitative estimate of drug-likeness (QED) is 0.916. The van der Waals surface area contributed by atoms with Crippen LogP contribution < -0.4 is 14.8 Å². The molecule has 0 saturated heterocycles. The van der Waals surface area contributed by atoms with Gasteiger partial charge in [0.05, 0.1) is 7.11 Å². The van der Waals surface area contributed by atoms with Crippen LogP contribution in [0, 0.1) is 0 Å². The van der Waals surface area contributed by atoms with Gasteiger partial charge < -0.3 is 14.8 Å². The molecule has 0 aliphatic rings. The molecule has 0 aliphatic carbocycles. The van der Waals surface area contributed by atoms with Crippen LogP contribution in [0.2, 0.25) is 5.02 Å². The van der Waals surface area contributed by atoms with Crippen molar-refractivity contribution in [2.24, 2.45) is 0 Å². The molecule has 94 valence electrons. The third-order valence-corrected chi connectivity index (χ3v) is 2.28. The summed E-state index contributed by atoms with van der Waals surface area (Å²) in [7, 11) is 3.17. The molecule has 1 heterocycles. The first-order valence-corrected chi connectivity index (χ1v) is 5.50. The summed E-state index contributed by atoms with van der Waals surface area (Å²) in [4.78, 5) is 12.0. The van der Waals surface area contributed by atoms with Gasteiger partial charge in [0, 0.05) is 12.1 Å². The highest BCUT2D eigenvalue weighted by Gasteiger charge is 2.07. The van der Waals surface area contributed by atoms with Crippen molar-refractivity contribution in [3.05, 3.63) is 29.3 Å². The first-order chi connectivity index (χ1) is 8.71. The molecule has 0 saturated carbocycles. The third kappa shape index (κ3) is 2.98. The summed E-state index contributed by atoms with van der Waals surface area (Å²) in [5.41, 5.74) is 0. The number of anilines is 1. The predicted octanol–water partition coefficient (Wildman–Crippen LogP) is 2.37. The number of halogens is 1. The Labute approximate surface area is 109 Å². The van der Waals surface area contributed by atoms with Gasteiger partial charge in [-0.15, -0.1) is 4.98 Å². The molecule has 2 aromatic rings. The molecule has 7 heteroatoms. The van der Waals surface area contributed by atoms with Gasteiger partial charge in [-0.2, -0.15) is 9.97 Å². The van der Waals surface area contributed by atoms with Crippen molar-refractivity contribution in [1.29, 1.82) is 0 Å². The van der Waals surface area contributed by atoms with E-state index >= 15 is 0 Å². The maximum absolute atomic E-state index is 5.78. The van der Waals surface area contributed by atoms with Gasteiger partial charge in [-0.25, -0.2) is 0 Å². The lowest BCUT2D eigenvalue weighted by Gasteiger charge is -2.06. The van der Waals surface area contributed by atoms with Gasteiger partial charge in [-0.3, -0.25) is 0 Å². The largest absolute Gasteiger partial charge is 0.467 e. The van der Waals surface area contributed by atoms with Crippen LogP contribution in [0.1, 0.15) is 0 Å². The Balaban J connectivity index is 2.25. The number of nitrogens with one attached hydrogen (secondary N) is 1. The van der Waals surface area contributed by atoms with Crippen LogP contribution in [0.3, 0.4) is 0 Å². The predicted molar refractivity (Wildman–Crippen MR) is 67.5 cm³/mol. The summed E-state index contributed by atoms with van der Waals surface area (Å²) in [6.45, 7) is 0. The lowest BCUT2D eigenvalue weighted by Crippen LogP contribution is -2.03. The van der Waals surface area contributed by atoms with Gasteiger partial charge in [0.1, 0.15) is 5.75 Å². The van der Waals surface area contributed by atoms with Crippen LogP contribution in [-0.4, -0.2) is 29.1 Å². The molecule has 1 aromatic heterocycles. The monoisotopic (exact) mass is 266 g/mol. The van der Waals surface area contributed by atoms with E-state index in [0.717, 1.165) is 0 Å². The van der Waals surface area contributed by atoms with Gasteiger partial charge in [-0.05, 0) is 24.3 Å². The SMILES string of the molecule is CNc1nc(OC)nc(Oc2ccc(Cl)cc2)n1. The standard InChI is InChI=1S/C11H11ClN4O2/c1-13-9-14-10(17-2)16-11(15-9)18-8-5-3-7(12)4-6-8/h3-6H,1-2H3,(H,13,14,15,16). The second kappa shape index (κ2) is 5.50. The highest BCUT2D eigenvalue weighted by molar-refractivity contribution is 6.30. The Kier molecular flexibility index (Phi) is 3.78. The van der Waals surface area contributed by atoms with E-state index in [-0.39, 0.29) is 12.0 Å². The lowest BCUT2D eigenvalue weighted by atomic mass is 10.3. The Morgan fingerprint density at radius 1 is 1.06 bits per heavy atom. The van der Waals surface area contributed by atoms with Crippen molar-refractivity contribution in [3.8, 4) is 17.8 Å².